The summed E-state index contributed by atoms with van der Waals surface area (Å²) in [6.07, 6.45) is 0.378. The van der Waals surface area contributed by atoms with E-state index in [2.05, 4.69) is 15.9 Å². The van der Waals surface area contributed by atoms with Crippen LogP contribution in [0.5, 0.6) is 0 Å². The minimum atomic E-state index is -1.59. The molecule has 2 N–H and O–H groups in total. The van der Waals surface area contributed by atoms with Gasteiger partial charge in [-0.3, -0.25) is 4.90 Å². The molecule has 0 aromatic heterocycles. The number of halogens is 1. The van der Waals surface area contributed by atoms with Crippen LogP contribution in [0.4, 0.5) is 0 Å². The zero-order valence-corrected chi connectivity index (χ0v) is 6.80. The van der Waals surface area contributed by atoms with Gasteiger partial charge in [-0.25, -0.2) is 0 Å². The molecule has 0 aromatic carbocycles. The lowest BCUT2D eigenvalue weighted by Gasteiger charge is -2.22. The monoisotopic (exact) mass is 195 g/mol. The van der Waals surface area contributed by atoms with Gasteiger partial charge >= 0.3 is 0 Å². The zero-order chi connectivity index (χ0) is 7.07. The lowest BCUT2D eigenvalue weighted by molar-refractivity contribution is -0.236. The number of likely N-dealkylation sites (tertiary alicyclic amines) is 1. The van der Waals surface area contributed by atoms with E-state index in [1.165, 1.54) is 4.90 Å². The van der Waals surface area contributed by atoms with Gasteiger partial charge in [-0.2, -0.15) is 0 Å². The van der Waals surface area contributed by atoms with E-state index in [1.807, 2.05) is 0 Å². The average molecular weight is 196 g/mol. The summed E-state index contributed by atoms with van der Waals surface area (Å²) in [5.74, 6) is -1.59. The Morgan fingerprint density at radius 1 is 1.67 bits per heavy atom. The molecule has 1 aliphatic heterocycles. The fraction of sp³-hybridized carbons (Fsp3) is 1.00. The van der Waals surface area contributed by atoms with Gasteiger partial charge in [0, 0.05) is 17.8 Å². The molecular formula is C5H10BrNO2. The van der Waals surface area contributed by atoms with Crippen LogP contribution in [-0.2, 0) is 0 Å². The maximum absolute atomic E-state index is 9.08. The Balaban J connectivity index is 2.58. The molecular weight excluding hydrogens is 186 g/mol. The average Bonchev–Trinajstić information content (AvgIpc) is 1.79. The molecule has 1 saturated heterocycles. The molecule has 0 aliphatic carbocycles. The summed E-state index contributed by atoms with van der Waals surface area (Å²) in [7, 11) is 1.68. The number of alkyl halides is 1. The van der Waals surface area contributed by atoms with Crippen molar-refractivity contribution in [3.8, 4) is 0 Å². The normalized spacial score (nSPS) is 35.3. The van der Waals surface area contributed by atoms with Crippen molar-refractivity contribution < 1.29 is 10.2 Å². The highest BCUT2D eigenvalue weighted by molar-refractivity contribution is 9.09. The van der Waals surface area contributed by atoms with Crippen molar-refractivity contribution in [3.63, 3.8) is 0 Å². The number of nitrogens with zero attached hydrogens (tertiary/aromatic N) is 1. The van der Waals surface area contributed by atoms with Crippen LogP contribution < -0.4 is 0 Å². The second kappa shape index (κ2) is 2.20. The van der Waals surface area contributed by atoms with Crippen LogP contribution in [0.15, 0.2) is 0 Å². The van der Waals surface area contributed by atoms with E-state index >= 15 is 0 Å². The molecule has 0 aromatic rings. The molecule has 4 heteroatoms. The molecule has 0 radical (unpaired) electrons. The standard InChI is InChI=1S/C5H10BrNO2/c1-7-3-4(6)2-5(7,8)9/h4,8-9H,2-3H2,1H3. The van der Waals surface area contributed by atoms with E-state index in [1.54, 1.807) is 7.05 Å². The van der Waals surface area contributed by atoms with E-state index in [0.29, 0.717) is 13.0 Å². The van der Waals surface area contributed by atoms with Gasteiger partial charge in [0.15, 0.2) is 0 Å². The molecule has 0 saturated carbocycles. The van der Waals surface area contributed by atoms with Crippen molar-refractivity contribution in [3.05, 3.63) is 0 Å². The van der Waals surface area contributed by atoms with Crippen LogP contribution in [0.3, 0.4) is 0 Å². The van der Waals surface area contributed by atoms with Crippen LogP contribution >= 0.6 is 15.9 Å². The van der Waals surface area contributed by atoms with Crippen LogP contribution in [0, 0.1) is 0 Å². The quantitative estimate of drug-likeness (QED) is 0.413. The molecule has 1 heterocycles. The maximum Gasteiger partial charge on any atom is 0.225 e. The van der Waals surface area contributed by atoms with Crippen molar-refractivity contribution in [1.29, 1.82) is 0 Å². The summed E-state index contributed by atoms with van der Waals surface area (Å²) in [4.78, 5) is 1.71. The molecule has 1 fully saturated rings. The van der Waals surface area contributed by atoms with Gasteiger partial charge < -0.3 is 10.2 Å². The number of aliphatic hydroxyl groups is 2. The molecule has 1 rings (SSSR count). The third-order valence-corrected chi connectivity index (χ3v) is 2.19. The highest BCUT2D eigenvalue weighted by Crippen LogP contribution is 2.26. The van der Waals surface area contributed by atoms with Crippen molar-refractivity contribution in [2.24, 2.45) is 0 Å². The SMILES string of the molecule is CN1CC(Br)CC1(O)O. The summed E-state index contributed by atoms with van der Waals surface area (Å²) in [5, 5.41) is 18.2. The first kappa shape index (κ1) is 7.47. The Hall–Kier alpha value is 0.360. The molecule has 1 unspecified atom stereocenters. The molecule has 0 spiro atoms. The second-order valence-electron chi connectivity index (χ2n) is 2.46. The van der Waals surface area contributed by atoms with Crippen LogP contribution in [0.1, 0.15) is 6.42 Å². The summed E-state index contributed by atoms with van der Waals surface area (Å²) < 4.78 is 0. The maximum atomic E-state index is 9.08. The Morgan fingerprint density at radius 3 is 2.33 bits per heavy atom. The Kier molecular flexibility index (Phi) is 1.82. The highest BCUT2D eigenvalue weighted by atomic mass is 79.9. The Morgan fingerprint density at radius 2 is 2.22 bits per heavy atom. The number of hydrogen-bond donors (Lipinski definition) is 2. The fourth-order valence-electron chi connectivity index (χ4n) is 0.961. The van der Waals surface area contributed by atoms with E-state index in [0.717, 1.165) is 0 Å². The third kappa shape index (κ3) is 1.43. The van der Waals surface area contributed by atoms with Crippen molar-refractivity contribution in [1.82, 2.24) is 4.90 Å². The lowest BCUT2D eigenvalue weighted by atomic mass is 10.3. The number of rotatable bonds is 0. The van der Waals surface area contributed by atoms with Crippen molar-refractivity contribution in [2.75, 3.05) is 13.6 Å². The molecule has 1 atom stereocenters. The molecule has 3 nitrogen and oxygen atoms in total. The number of hydrogen-bond acceptors (Lipinski definition) is 3. The van der Waals surface area contributed by atoms with E-state index in [-0.39, 0.29) is 4.83 Å². The van der Waals surface area contributed by atoms with Crippen LogP contribution in [0.2, 0.25) is 0 Å². The smallest absolute Gasteiger partial charge is 0.225 e. The van der Waals surface area contributed by atoms with E-state index in [9.17, 15) is 0 Å². The van der Waals surface area contributed by atoms with Crippen LogP contribution in [-0.4, -0.2) is 39.4 Å². The minimum absolute atomic E-state index is 0.206. The van der Waals surface area contributed by atoms with Gasteiger partial charge in [0.2, 0.25) is 5.91 Å². The molecule has 9 heavy (non-hydrogen) atoms. The topological polar surface area (TPSA) is 43.7 Å². The summed E-state index contributed by atoms with van der Waals surface area (Å²) >= 11 is 3.29. The first-order valence-corrected chi connectivity index (χ1v) is 3.74. The predicted molar refractivity (Wildman–Crippen MR) is 37.1 cm³/mol. The van der Waals surface area contributed by atoms with Gasteiger partial charge in [0.1, 0.15) is 0 Å². The van der Waals surface area contributed by atoms with Gasteiger partial charge in [0.25, 0.3) is 0 Å². The summed E-state index contributed by atoms with van der Waals surface area (Å²) in [6.45, 7) is 0.688. The largest absolute Gasteiger partial charge is 0.353 e. The zero-order valence-electron chi connectivity index (χ0n) is 5.21. The van der Waals surface area contributed by atoms with E-state index < -0.39 is 5.91 Å². The Labute approximate surface area is 62.4 Å². The van der Waals surface area contributed by atoms with E-state index in [4.69, 9.17) is 10.2 Å². The van der Waals surface area contributed by atoms with Gasteiger partial charge in [-0.15, -0.1) is 0 Å². The summed E-state index contributed by atoms with van der Waals surface area (Å²) in [5.41, 5.74) is 0. The molecule has 0 bridgehead atoms. The first-order chi connectivity index (χ1) is 4.02. The van der Waals surface area contributed by atoms with Crippen molar-refractivity contribution in [2.45, 2.75) is 17.2 Å². The van der Waals surface area contributed by atoms with Crippen molar-refractivity contribution >= 4 is 15.9 Å². The highest BCUT2D eigenvalue weighted by Gasteiger charge is 2.38. The van der Waals surface area contributed by atoms with Gasteiger partial charge in [-0.05, 0) is 7.05 Å². The van der Waals surface area contributed by atoms with Gasteiger partial charge in [0.05, 0.1) is 0 Å². The first-order valence-electron chi connectivity index (χ1n) is 2.82. The Bertz CT molecular complexity index is 118. The second-order valence-corrected chi connectivity index (χ2v) is 3.75. The molecule has 1 aliphatic rings. The van der Waals surface area contributed by atoms with Gasteiger partial charge in [-0.1, -0.05) is 15.9 Å². The van der Waals surface area contributed by atoms with Crippen LogP contribution in [0.25, 0.3) is 0 Å². The molecule has 54 valence electrons. The third-order valence-electron chi connectivity index (χ3n) is 1.58. The fourth-order valence-corrected chi connectivity index (χ4v) is 1.83. The minimum Gasteiger partial charge on any atom is -0.353 e. The predicted octanol–water partition coefficient (Wildman–Crippen LogP) is -0.276. The summed E-state index contributed by atoms with van der Waals surface area (Å²) in [6, 6.07) is 0. The lowest BCUT2D eigenvalue weighted by Crippen LogP contribution is -2.40. The molecule has 0 amide bonds.